The van der Waals surface area contributed by atoms with Gasteiger partial charge >= 0.3 is 6.03 Å². The van der Waals surface area contributed by atoms with Crippen molar-refractivity contribution in [3.8, 4) is 5.75 Å². The molecule has 1 saturated heterocycles. The topological polar surface area (TPSA) is 91.0 Å². The van der Waals surface area contributed by atoms with Gasteiger partial charge in [0.05, 0.1) is 7.11 Å². The van der Waals surface area contributed by atoms with Crippen LogP contribution in [0.3, 0.4) is 0 Å². The highest BCUT2D eigenvalue weighted by molar-refractivity contribution is 6.09. The summed E-state index contributed by atoms with van der Waals surface area (Å²) < 4.78 is 5.34. The number of imide groups is 1. The maximum atomic E-state index is 13.0. The predicted molar refractivity (Wildman–Crippen MR) is 118 cm³/mol. The molecule has 2 N–H and O–H groups in total. The van der Waals surface area contributed by atoms with E-state index in [0.717, 1.165) is 21.7 Å². The summed E-state index contributed by atoms with van der Waals surface area (Å²) in [5.41, 5.74) is 1.64. The van der Waals surface area contributed by atoms with Gasteiger partial charge in [0.25, 0.3) is 5.91 Å². The number of anilines is 1. The first-order chi connectivity index (χ1) is 14.7. The molecule has 1 fully saturated rings. The molecule has 1 atom stereocenters. The number of para-hydroxylation sites is 1. The van der Waals surface area contributed by atoms with Gasteiger partial charge in [-0.15, -0.1) is 0 Å². The van der Waals surface area contributed by atoms with Gasteiger partial charge in [0.15, 0.2) is 0 Å². The number of methoxy groups -OCH3 is 1. The Balaban J connectivity index is 1.60. The third kappa shape index (κ3) is 4.96. The second-order valence-corrected chi connectivity index (χ2v) is 7.98. The number of nitrogens with one attached hydrogen (secondary N) is 2. The molecule has 31 heavy (non-hydrogen) atoms. The van der Waals surface area contributed by atoms with E-state index in [1.165, 1.54) is 0 Å². The Hall–Kier alpha value is -3.55. The van der Waals surface area contributed by atoms with E-state index in [1.807, 2.05) is 61.5 Å². The van der Waals surface area contributed by atoms with Gasteiger partial charge < -0.3 is 20.3 Å². The lowest BCUT2D eigenvalue weighted by molar-refractivity contribution is -0.134. The molecule has 1 aliphatic rings. The van der Waals surface area contributed by atoms with Crippen molar-refractivity contribution in [2.75, 3.05) is 32.6 Å². The summed E-state index contributed by atoms with van der Waals surface area (Å²) in [5, 5.41) is 5.49. The minimum atomic E-state index is -1.14. The molecule has 0 spiro atoms. The fraction of sp³-hybridized carbons (Fsp3) is 0.348. The zero-order valence-corrected chi connectivity index (χ0v) is 18.3. The second-order valence-electron chi connectivity index (χ2n) is 7.98. The van der Waals surface area contributed by atoms with Gasteiger partial charge in [-0.1, -0.05) is 30.3 Å². The molecule has 4 amide bonds. The average Bonchev–Trinajstić information content (AvgIpc) is 2.95. The Morgan fingerprint density at radius 1 is 1.13 bits per heavy atom. The van der Waals surface area contributed by atoms with Crippen LogP contribution in [0.5, 0.6) is 5.75 Å². The molecule has 0 aromatic heterocycles. The quantitative estimate of drug-likeness (QED) is 0.632. The lowest BCUT2D eigenvalue weighted by Crippen LogP contribution is -2.46. The van der Waals surface area contributed by atoms with Crippen molar-refractivity contribution < 1.29 is 19.1 Å². The third-order valence-electron chi connectivity index (χ3n) is 5.33. The Morgan fingerprint density at radius 2 is 1.81 bits per heavy atom. The Morgan fingerprint density at radius 3 is 2.45 bits per heavy atom. The van der Waals surface area contributed by atoms with E-state index in [9.17, 15) is 14.4 Å². The van der Waals surface area contributed by atoms with Crippen molar-refractivity contribution in [2.24, 2.45) is 0 Å². The number of ether oxygens (including phenoxy) is 1. The van der Waals surface area contributed by atoms with Crippen molar-refractivity contribution in [1.29, 1.82) is 0 Å². The number of amides is 4. The maximum Gasteiger partial charge on any atom is 0.325 e. The summed E-state index contributed by atoms with van der Waals surface area (Å²) in [5.74, 6) is -0.196. The molecule has 1 aliphatic heterocycles. The number of carbonyl (C=O) groups is 3. The minimum Gasteiger partial charge on any atom is -0.496 e. The van der Waals surface area contributed by atoms with Crippen molar-refractivity contribution in [3.05, 3.63) is 59.7 Å². The molecular weight excluding hydrogens is 396 g/mol. The minimum absolute atomic E-state index is 0.262. The lowest BCUT2D eigenvalue weighted by atomic mass is 9.92. The summed E-state index contributed by atoms with van der Waals surface area (Å²) in [4.78, 5) is 40.7. The molecule has 0 bridgehead atoms. The molecule has 0 aliphatic carbocycles. The average molecular weight is 425 g/mol. The van der Waals surface area contributed by atoms with Crippen LogP contribution in [-0.2, 0) is 22.6 Å². The highest BCUT2D eigenvalue weighted by Crippen LogP contribution is 2.27. The van der Waals surface area contributed by atoms with Crippen LogP contribution < -0.4 is 20.3 Å². The van der Waals surface area contributed by atoms with Crippen molar-refractivity contribution in [1.82, 2.24) is 15.5 Å². The smallest absolute Gasteiger partial charge is 0.325 e. The van der Waals surface area contributed by atoms with Gasteiger partial charge in [0, 0.05) is 32.7 Å². The third-order valence-corrected chi connectivity index (χ3v) is 5.33. The lowest BCUT2D eigenvalue weighted by Gasteiger charge is -2.22. The molecule has 2 aromatic carbocycles. The van der Waals surface area contributed by atoms with Crippen molar-refractivity contribution in [3.63, 3.8) is 0 Å². The Kier molecular flexibility index (Phi) is 6.48. The highest BCUT2D eigenvalue weighted by Gasteiger charge is 2.48. The number of nitrogens with zero attached hydrogens (tertiary/aromatic N) is 2. The zero-order chi connectivity index (χ0) is 22.6. The zero-order valence-electron chi connectivity index (χ0n) is 18.3. The fourth-order valence-electron chi connectivity index (χ4n) is 3.55. The van der Waals surface area contributed by atoms with Crippen LogP contribution in [0, 0.1) is 0 Å². The fourth-order valence-corrected chi connectivity index (χ4v) is 3.55. The number of benzene rings is 2. The van der Waals surface area contributed by atoms with Gasteiger partial charge in [0.1, 0.15) is 17.8 Å². The molecule has 1 heterocycles. The summed E-state index contributed by atoms with van der Waals surface area (Å²) >= 11 is 0. The molecular formula is C23H28N4O4. The molecule has 3 rings (SSSR count). The predicted octanol–water partition coefficient (Wildman–Crippen LogP) is 1.93. The van der Waals surface area contributed by atoms with Crippen molar-refractivity contribution >= 4 is 23.5 Å². The molecule has 8 nitrogen and oxygen atoms in total. The first-order valence-corrected chi connectivity index (χ1v) is 10.0. The molecule has 8 heteroatoms. The first-order valence-electron chi connectivity index (χ1n) is 10.0. The van der Waals surface area contributed by atoms with Crippen LogP contribution in [0.25, 0.3) is 0 Å². The van der Waals surface area contributed by atoms with Crippen LogP contribution in [0.2, 0.25) is 0 Å². The largest absolute Gasteiger partial charge is 0.496 e. The molecule has 164 valence electrons. The van der Waals surface area contributed by atoms with E-state index in [2.05, 4.69) is 10.6 Å². The van der Waals surface area contributed by atoms with Crippen molar-refractivity contribution in [2.45, 2.75) is 25.4 Å². The standard InChI is InChI=1S/C23H28N4O4/c1-23(13-17-7-5-6-8-19(17)31-4)21(29)27(22(30)25-23)15-20(28)24-14-16-9-11-18(12-10-16)26(2)3/h5-12H,13-15H2,1-4H3,(H,24,28)(H,25,30)/t23-/m1/s1. The van der Waals surface area contributed by atoms with Crippen LogP contribution >= 0.6 is 0 Å². The molecule has 0 saturated carbocycles. The summed E-state index contributed by atoms with van der Waals surface area (Å²) in [7, 11) is 5.47. The normalized spacial score (nSPS) is 18.0. The molecule has 0 radical (unpaired) electrons. The summed E-state index contributed by atoms with van der Waals surface area (Å²) in [6, 6.07) is 14.5. The number of urea groups is 1. The summed E-state index contributed by atoms with van der Waals surface area (Å²) in [6.07, 6.45) is 0.262. The molecule has 0 unspecified atom stereocenters. The van der Waals surface area contributed by atoms with E-state index in [0.29, 0.717) is 12.3 Å². The van der Waals surface area contributed by atoms with Gasteiger partial charge in [0.2, 0.25) is 5.91 Å². The van der Waals surface area contributed by atoms with E-state index in [4.69, 9.17) is 4.74 Å². The van der Waals surface area contributed by atoms with Crippen LogP contribution in [0.1, 0.15) is 18.1 Å². The monoisotopic (exact) mass is 424 g/mol. The SMILES string of the molecule is COc1ccccc1C[C@@]1(C)NC(=O)N(CC(=O)NCc2ccc(N(C)C)cc2)C1=O. The van der Waals surface area contributed by atoms with Gasteiger partial charge in [-0.2, -0.15) is 0 Å². The van der Waals surface area contributed by atoms with E-state index < -0.39 is 23.4 Å². The van der Waals surface area contributed by atoms with Gasteiger partial charge in [-0.3, -0.25) is 14.5 Å². The van der Waals surface area contributed by atoms with E-state index in [-0.39, 0.29) is 13.0 Å². The Labute approximate surface area is 182 Å². The number of hydrogen-bond donors (Lipinski definition) is 2. The second kappa shape index (κ2) is 9.07. The van der Waals surface area contributed by atoms with E-state index >= 15 is 0 Å². The highest BCUT2D eigenvalue weighted by atomic mass is 16.5. The van der Waals surface area contributed by atoms with Gasteiger partial charge in [-0.05, 0) is 36.2 Å². The van der Waals surface area contributed by atoms with E-state index in [1.54, 1.807) is 20.1 Å². The molecule has 2 aromatic rings. The maximum absolute atomic E-state index is 13.0. The summed E-state index contributed by atoms with van der Waals surface area (Å²) in [6.45, 7) is 1.64. The number of rotatable bonds is 8. The Bertz CT molecular complexity index is 974. The van der Waals surface area contributed by atoms with Gasteiger partial charge in [-0.25, -0.2) is 4.79 Å². The van der Waals surface area contributed by atoms with Crippen LogP contribution in [0.4, 0.5) is 10.5 Å². The number of hydrogen-bond acceptors (Lipinski definition) is 5. The number of carbonyl (C=O) groups excluding carboxylic acids is 3. The van der Waals surface area contributed by atoms with Crippen LogP contribution in [-0.4, -0.2) is 56.0 Å². The first kappa shape index (κ1) is 22.1. The van der Waals surface area contributed by atoms with Crippen LogP contribution in [0.15, 0.2) is 48.5 Å².